The Kier molecular flexibility index (Phi) is 6.54. The summed E-state index contributed by atoms with van der Waals surface area (Å²) in [6.45, 7) is 4.77. The van der Waals surface area contributed by atoms with E-state index in [0.717, 1.165) is 19.4 Å². The highest BCUT2D eigenvalue weighted by atomic mass is 32.2. The van der Waals surface area contributed by atoms with Gasteiger partial charge in [0.1, 0.15) is 6.07 Å². The molecule has 0 spiro atoms. The molecule has 1 N–H and O–H groups in total. The number of thiocarbonyl (C=S) groups is 1. The van der Waals surface area contributed by atoms with Gasteiger partial charge in [-0.05, 0) is 30.8 Å². The normalized spacial score (nSPS) is 15.8. The zero-order valence-electron chi connectivity index (χ0n) is 13.7. The molecule has 1 heterocycles. The van der Waals surface area contributed by atoms with Crippen LogP contribution in [0.1, 0.15) is 25.3 Å². The van der Waals surface area contributed by atoms with Crippen molar-refractivity contribution in [1.82, 2.24) is 14.5 Å². The molecule has 8 heteroatoms. The highest BCUT2D eigenvalue weighted by molar-refractivity contribution is 7.89. The Bertz CT molecular complexity index is 720. The largest absolute Gasteiger partial charge is 0.363 e. The monoisotopic (exact) mass is 366 g/mol. The maximum Gasteiger partial charge on any atom is 0.244 e. The summed E-state index contributed by atoms with van der Waals surface area (Å²) >= 11 is 5.36. The SMILES string of the molecule is CCCCNC(=S)N1CCN(S(=O)(=O)c2ccccc2C#N)CC1. The first-order valence-corrected chi connectivity index (χ1v) is 9.87. The van der Waals surface area contributed by atoms with Crippen LogP contribution in [0.4, 0.5) is 0 Å². The highest BCUT2D eigenvalue weighted by Gasteiger charge is 2.30. The second-order valence-corrected chi connectivity index (χ2v) is 7.88. The fourth-order valence-corrected chi connectivity index (χ4v) is 4.39. The number of unbranched alkanes of at least 4 members (excludes halogenated alkanes) is 1. The zero-order valence-corrected chi connectivity index (χ0v) is 15.4. The van der Waals surface area contributed by atoms with E-state index in [1.807, 2.05) is 11.0 Å². The van der Waals surface area contributed by atoms with Crippen molar-refractivity contribution in [2.75, 3.05) is 32.7 Å². The fraction of sp³-hybridized carbons (Fsp3) is 0.500. The Labute approximate surface area is 149 Å². The number of nitrogens with zero attached hydrogens (tertiary/aromatic N) is 3. The molecular weight excluding hydrogens is 344 g/mol. The average molecular weight is 367 g/mol. The molecule has 6 nitrogen and oxygen atoms in total. The van der Waals surface area contributed by atoms with Crippen LogP contribution in [0.15, 0.2) is 29.2 Å². The van der Waals surface area contributed by atoms with Crippen molar-refractivity contribution >= 4 is 27.4 Å². The minimum Gasteiger partial charge on any atom is -0.363 e. The Hall–Kier alpha value is -1.69. The van der Waals surface area contributed by atoms with Gasteiger partial charge in [0.05, 0.1) is 10.5 Å². The Morgan fingerprint density at radius 3 is 2.58 bits per heavy atom. The van der Waals surface area contributed by atoms with Gasteiger partial charge in [-0.15, -0.1) is 0 Å². The molecule has 0 radical (unpaired) electrons. The topological polar surface area (TPSA) is 76.4 Å². The number of sulfonamides is 1. The van der Waals surface area contributed by atoms with Gasteiger partial charge in [0.15, 0.2) is 5.11 Å². The number of piperazine rings is 1. The number of rotatable bonds is 5. The van der Waals surface area contributed by atoms with Gasteiger partial charge in [0.25, 0.3) is 0 Å². The van der Waals surface area contributed by atoms with Crippen LogP contribution in [0.3, 0.4) is 0 Å². The van der Waals surface area contributed by atoms with Crippen LogP contribution < -0.4 is 5.32 Å². The van der Waals surface area contributed by atoms with Crippen LogP contribution in [-0.4, -0.2) is 55.5 Å². The summed E-state index contributed by atoms with van der Waals surface area (Å²) in [6, 6.07) is 8.25. The standard InChI is InChI=1S/C16H22N4O2S2/c1-2-3-8-18-16(23)19-9-11-20(12-10-19)24(21,22)15-7-5-4-6-14(15)13-17/h4-7H,2-3,8-12H2,1H3,(H,18,23). The molecule has 0 atom stereocenters. The summed E-state index contributed by atoms with van der Waals surface area (Å²) in [4.78, 5) is 2.07. The summed E-state index contributed by atoms with van der Waals surface area (Å²) in [7, 11) is -3.65. The van der Waals surface area contributed by atoms with Gasteiger partial charge in [0.2, 0.25) is 10.0 Å². The van der Waals surface area contributed by atoms with E-state index in [4.69, 9.17) is 17.5 Å². The maximum atomic E-state index is 12.8. The molecule has 1 saturated heterocycles. The van der Waals surface area contributed by atoms with Crippen LogP contribution in [0.5, 0.6) is 0 Å². The number of nitriles is 1. The third-order valence-corrected chi connectivity index (χ3v) is 6.32. The molecule has 0 saturated carbocycles. The number of hydrogen-bond donors (Lipinski definition) is 1. The van der Waals surface area contributed by atoms with Crippen LogP contribution in [0, 0.1) is 11.3 Å². The van der Waals surface area contributed by atoms with Gasteiger partial charge >= 0.3 is 0 Å². The molecule has 1 aliphatic heterocycles. The fourth-order valence-electron chi connectivity index (χ4n) is 2.54. The van der Waals surface area contributed by atoms with E-state index in [1.54, 1.807) is 12.1 Å². The van der Waals surface area contributed by atoms with E-state index in [2.05, 4.69) is 12.2 Å². The van der Waals surface area contributed by atoms with Crippen LogP contribution in [-0.2, 0) is 10.0 Å². The molecule has 1 fully saturated rings. The molecular formula is C16H22N4O2S2. The number of hydrogen-bond acceptors (Lipinski definition) is 4. The van der Waals surface area contributed by atoms with E-state index >= 15 is 0 Å². The lowest BCUT2D eigenvalue weighted by Gasteiger charge is -2.35. The first-order valence-electron chi connectivity index (χ1n) is 8.02. The predicted octanol–water partition coefficient (Wildman–Crippen LogP) is 1.54. The molecule has 1 aliphatic rings. The molecule has 0 bridgehead atoms. The summed E-state index contributed by atoms with van der Waals surface area (Å²) in [5.74, 6) is 0. The second kappa shape index (κ2) is 8.42. The number of nitrogens with one attached hydrogen (secondary N) is 1. The molecule has 0 aliphatic carbocycles. The van der Waals surface area contributed by atoms with E-state index in [9.17, 15) is 8.42 Å². The summed E-state index contributed by atoms with van der Waals surface area (Å²) in [6.07, 6.45) is 2.15. The van der Waals surface area contributed by atoms with Crippen molar-refractivity contribution in [3.63, 3.8) is 0 Å². The highest BCUT2D eigenvalue weighted by Crippen LogP contribution is 2.21. The summed E-state index contributed by atoms with van der Waals surface area (Å²) in [5, 5.41) is 13.0. The van der Waals surface area contributed by atoms with E-state index in [0.29, 0.717) is 31.3 Å². The van der Waals surface area contributed by atoms with E-state index in [1.165, 1.54) is 16.4 Å². The third kappa shape index (κ3) is 4.23. The molecule has 1 aromatic rings. The van der Waals surface area contributed by atoms with Gasteiger partial charge in [-0.2, -0.15) is 9.57 Å². The average Bonchev–Trinajstić information content (AvgIpc) is 2.62. The molecule has 0 aromatic heterocycles. The molecule has 24 heavy (non-hydrogen) atoms. The van der Waals surface area contributed by atoms with Crippen molar-refractivity contribution in [1.29, 1.82) is 5.26 Å². The smallest absolute Gasteiger partial charge is 0.244 e. The van der Waals surface area contributed by atoms with Crippen LogP contribution in [0.2, 0.25) is 0 Å². The summed E-state index contributed by atoms with van der Waals surface area (Å²) in [5.41, 5.74) is 0.177. The lowest BCUT2D eigenvalue weighted by Crippen LogP contribution is -2.53. The Balaban J connectivity index is 2.01. The summed E-state index contributed by atoms with van der Waals surface area (Å²) < 4.78 is 26.9. The van der Waals surface area contributed by atoms with Gasteiger partial charge in [-0.1, -0.05) is 25.5 Å². The lowest BCUT2D eigenvalue weighted by atomic mass is 10.2. The van der Waals surface area contributed by atoms with Gasteiger partial charge in [0, 0.05) is 32.7 Å². The Morgan fingerprint density at radius 1 is 1.29 bits per heavy atom. The lowest BCUT2D eigenvalue weighted by molar-refractivity contribution is 0.264. The van der Waals surface area contributed by atoms with Crippen molar-refractivity contribution in [3.05, 3.63) is 29.8 Å². The van der Waals surface area contributed by atoms with E-state index in [-0.39, 0.29) is 10.5 Å². The quantitative estimate of drug-likeness (QED) is 0.629. The first kappa shape index (κ1) is 18.6. The second-order valence-electron chi connectivity index (χ2n) is 5.58. The Morgan fingerprint density at radius 2 is 1.96 bits per heavy atom. The minimum atomic E-state index is -3.65. The van der Waals surface area contributed by atoms with Gasteiger partial charge in [-0.3, -0.25) is 0 Å². The molecule has 0 unspecified atom stereocenters. The molecule has 130 valence electrons. The predicted molar refractivity (Wildman–Crippen MR) is 97.0 cm³/mol. The maximum absolute atomic E-state index is 12.8. The van der Waals surface area contributed by atoms with Crippen LogP contribution >= 0.6 is 12.2 Å². The first-order chi connectivity index (χ1) is 11.5. The molecule has 0 amide bonds. The van der Waals surface area contributed by atoms with Gasteiger partial charge < -0.3 is 10.2 Å². The van der Waals surface area contributed by atoms with Gasteiger partial charge in [-0.25, -0.2) is 8.42 Å². The van der Waals surface area contributed by atoms with Crippen molar-refractivity contribution in [2.45, 2.75) is 24.7 Å². The van der Waals surface area contributed by atoms with Crippen molar-refractivity contribution in [2.24, 2.45) is 0 Å². The minimum absolute atomic E-state index is 0.0737. The molecule has 2 rings (SSSR count). The zero-order chi connectivity index (χ0) is 17.6. The van der Waals surface area contributed by atoms with Crippen LogP contribution in [0.25, 0.3) is 0 Å². The van der Waals surface area contributed by atoms with E-state index < -0.39 is 10.0 Å². The van der Waals surface area contributed by atoms with Crippen molar-refractivity contribution < 1.29 is 8.42 Å². The molecule has 1 aromatic carbocycles. The van der Waals surface area contributed by atoms with Crippen molar-refractivity contribution in [3.8, 4) is 6.07 Å². The number of benzene rings is 1. The third-order valence-electron chi connectivity index (χ3n) is 3.96.